The molecule has 0 radical (unpaired) electrons. The van der Waals surface area contributed by atoms with Crippen LogP contribution in [0.5, 0.6) is 0 Å². The number of allylic oxidation sites excluding steroid dienone is 10. The summed E-state index contributed by atoms with van der Waals surface area (Å²) in [5, 5.41) is 39.9. The Balaban J connectivity index is 2.39. The number of aliphatic hydroxyl groups excluding tert-OH is 4. The van der Waals surface area contributed by atoms with E-state index in [0.29, 0.717) is 13.0 Å². The Bertz CT molecular complexity index is 942. The van der Waals surface area contributed by atoms with Crippen LogP contribution < -0.4 is 0 Å². The van der Waals surface area contributed by atoms with Crippen molar-refractivity contribution in [2.45, 2.75) is 166 Å². The van der Waals surface area contributed by atoms with E-state index in [1.54, 1.807) is 0 Å². The highest BCUT2D eigenvalue weighted by molar-refractivity contribution is 5.69. The third-order valence-electron chi connectivity index (χ3n) is 8.43. The molecule has 0 amide bonds. The average Bonchev–Trinajstić information content (AvgIpc) is 3.11. The Morgan fingerprint density at radius 1 is 0.660 bits per heavy atom. The molecule has 4 N–H and O–H groups in total. The summed E-state index contributed by atoms with van der Waals surface area (Å²) in [5.41, 5.74) is 0. The summed E-state index contributed by atoms with van der Waals surface area (Å²) >= 11 is 0. The number of esters is 1. The second kappa shape index (κ2) is 32.8. The Morgan fingerprint density at radius 3 is 1.84 bits per heavy atom. The number of rotatable bonds is 31. The first-order valence-corrected chi connectivity index (χ1v) is 19.4. The zero-order valence-electron chi connectivity index (χ0n) is 31.1. The van der Waals surface area contributed by atoms with E-state index in [4.69, 9.17) is 18.9 Å². The number of carbonyl (C=O) groups excluding carboxylic acids is 1. The Kier molecular flexibility index (Phi) is 30.1. The van der Waals surface area contributed by atoms with Crippen molar-refractivity contribution in [1.82, 2.24) is 0 Å². The predicted molar refractivity (Wildman–Crippen MR) is 201 cm³/mol. The van der Waals surface area contributed by atoms with Crippen molar-refractivity contribution >= 4 is 5.97 Å². The van der Waals surface area contributed by atoms with E-state index in [1.807, 2.05) is 12.2 Å². The normalized spacial score (nSPS) is 22.2. The van der Waals surface area contributed by atoms with Gasteiger partial charge in [-0.15, -0.1) is 0 Å². The van der Waals surface area contributed by atoms with Crippen LogP contribution in [0.4, 0.5) is 0 Å². The number of hydrogen-bond acceptors (Lipinski definition) is 9. The van der Waals surface area contributed by atoms with Crippen LogP contribution in [0.15, 0.2) is 60.8 Å². The van der Waals surface area contributed by atoms with Crippen LogP contribution in [-0.2, 0) is 23.7 Å². The molecular weight excluding hydrogens is 636 g/mol. The lowest BCUT2D eigenvalue weighted by Gasteiger charge is -2.39. The minimum atomic E-state index is -1.55. The minimum Gasteiger partial charge on any atom is -0.457 e. The van der Waals surface area contributed by atoms with Gasteiger partial charge in [0, 0.05) is 13.0 Å². The van der Waals surface area contributed by atoms with Gasteiger partial charge in [0.1, 0.15) is 30.5 Å². The molecule has 1 fully saturated rings. The maximum atomic E-state index is 12.7. The molecule has 9 heteroatoms. The molecule has 9 nitrogen and oxygen atoms in total. The van der Waals surface area contributed by atoms with Crippen LogP contribution in [-0.4, -0.2) is 89.6 Å². The van der Waals surface area contributed by atoms with Gasteiger partial charge in [-0.2, -0.15) is 0 Å². The van der Waals surface area contributed by atoms with Crippen molar-refractivity contribution < 1.29 is 44.2 Å². The topological polar surface area (TPSA) is 135 Å². The summed E-state index contributed by atoms with van der Waals surface area (Å²) in [4.78, 5) is 12.7. The van der Waals surface area contributed by atoms with Crippen molar-refractivity contribution in [1.29, 1.82) is 0 Å². The van der Waals surface area contributed by atoms with Crippen molar-refractivity contribution in [3.05, 3.63) is 60.8 Å². The van der Waals surface area contributed by atoms with Crippen LogP contribution in [0.25, 0.3) is 0 Å². The molecule has 0 aromatic heterocycles. The van der Waals surface area contributed by atoms with Gasteiger partial charge in [0.25, 0.3) is 0 Å². The van der Waals surface area contributed by atoms with Crippen LogP contribution in [0.1, 0.15) is 129 Å². The largest absolute Gasteiger partial charge is 0.457 e. The van der Waals surface area contributed by atoms with Gasteiger partial charge in [0.15, 0.2) is 6.29 Å². The molecule has 1 heterocycles. The molecule has 0 aliphatic carbocycles. The highest BCUT2D eigenvalue weighted by Gasteiger charge is 2.44. The van der Waals surface area contributed by atoms with E-state index in [9.17, 15) is 25.2 Å². The maximum absolute atomic E-state index is 12.7. The molecule has 1 rings (SSSR count). The monoisotopic (exact) mass is 707 g/mol. The van der Waals surface area contributed by atoms with Crippen molar-refractivity contribution in [2.75, 3.05) is 26.4 Å². The number of ether oxygens (including phenoxy) is 4. The Hall–Kier alpha value is -2.11. The van der Waals surface area contributed by atoms with Gasteiger partial charge in [0.2, 0.25) is 0 Å². The molecule has 0 aromatic rings. The zero-order chi connectivity index (χ0) is 36.5. The van der Waals surface area contributed by atoms with Crippen LogP contribution in [0.3, 0.4) is 0 Å². The molecule has 0 aromatic carbocycles. The van der Waals surface area contributed by atoms with Crippen LogP contribution in [0, 0.1) is 0 Å². The quantitative estimate of drug-likeness (QED) is 0.0327. The van der Waals surface area contributed by atoms with Gasteiger partial charge in [-0.25, -0.2) is 0 Å². The predicted octanol–water partition coefficient (Wildman–Crippen LogP) is 7.57. The fourth-order valence-corrected chi connectivity index (χ4v) is 5.38. The molecule has 1 aliphatic heterocycles. The SMILES string of the molecule is CC/C=C\C/C=C\C/C=C\C/C=C\CCC(=O)OC(COCCCCCCCC/C=C\CCCCCC)COC1OC(CO)C(O)C(O)C1O. The summed E-state index contributed by atoms with van der Waals surface area (Å²) in [6.45, 7) is 4.29. The van der Waals surface area contributed by atoms with Crippen LogP contribution >= 0.6 is 0 Å². The third-order valence-corrected chi connectivity index (χ3v) is 8.43. The lowest BCUT2D eigenvalue weighted by atomic mass is 9.99. The van der Waals surface area contributed by atoms with Crippen LogP contribution in [0.2, 0.25) is 0 Å². The lowest BCUT2D eigenvalue weighted by molar-refractivity contribution is -0.305. The molecule has 0 bridgehead atoms. The van der Waals surface area contributed by atoms with E-state index in [2.05, 4.69) is 62.5 Å². The number of hydrogen-bond donors (Lipinski definition) is 4. The van der Waals surface area contributed by atoms with Crippen molar-refractivity contribution in [3.63, 3.8) is 0 Å². The van der Waals surface area contributed by atoms with Crippen molar-refractivity contribution in [3.8, 4) is 0 Å². The van der Waals surface area contributed by atoms with Gasteiger partial charge in [0.05, 0.1) is 19.8 Å². The molecule has 288 valence electrons. The molecule has 6 atom stereocenters. The number of aliphatic hydroxyl groups is 4. The third kappa shape index (κ3) is 24.1. The first kappa shape index (κ1) is 45.9. The fourth-order valence-electron chi connectivity index (χ4n) is 5.38. The molecule has 1 saturated heterocycles. The molecular formula is C41H70O9. The highest BCUT2D eigenvalue weighted by atomic mass is 16.7. The van der Waals surface area contributed by atoms with Gasteiger partial charge in [-0.3, -0.25) is 4.79 Å². The van der Waals surface area contributed by atoms with E-state index in [1.165, 1.54) is 51.4 Å². The van der Waals surface area contributed by atoms with Gasteiger partial charge in [-0.1, -0.05) is 120 Å². The summed E-state index contributed by atoms with van der Waals surface area (Å²) in [7, 11) is 0. The van der Waals surface area contributed by atoms with Gasteiger partial charge >= 0.3 is 5.97 Å². The van der Waals surface area contributed by atoms with E-state index >= 15 is 0 Å². The average molecular weight is 707 g/mol. The maximum Gasteiger partial charge on any atom is 0.306 e. The van der Waals surface area contributed by atoms with Crippen molar-refractivity contribution in [2.24, 2.45) is 0 Å². The molecule has 50 heavy (non-hydrogen) atoms. The summed E-state index contributed by atoms with van der Waals surface area (Å²) in [6.07, 6.45) is 32.6. The number of carbonyl (C=O) groups is 1. The Labute approximate surface area is 303 Å². The zero-order valence-corrected chi connectivity index (χ0v) is 31.1. The molecule has 0 spiro atoms. The summed E-state index contributed by atoms with van der Waals surface area (Å²) in [5.74, 6) is -0.398. The molecule has 6 unspecified atom stereocenters. The smallest absolute Gasteiger partial charge is 0.306 e. The first-order chi connectivity index (χ1) is 24.4. The summed E-state index contributed by atoms with van der Waals surface area (Å²) < 4.78 is 22.6. The van der Waals surface area contributed by atoms with E-state index in [0.717, 1.165) is 51.4 Å². The standard InChI is InChI=1S/C41H70O9/c1-3-5-7-9-11-13-15-17-19-21-23-25-27-29-31-47-33-35(34-48-41-40(46)39(45)38(44)36(32-42)50-41)49-37(43)30-28-26-24-22-20-18-16-14-12-10-8-6-4-2/h6,8,12-15,18,20,24,26,35-36,38-42,44-46H,3-5,7,9-11,16-17,19,21-23,25,27-34H2,1-2H3/b8-6-,14-12-,15-13-,20-18-,26-24-. The Morgan fingerprint density at radius 2 is 1.22 bits per heavy atom. The second-order valence-electron chi connectivity index (χ2n) is 13.0. The van der Waals surface area contributed by atoms with E-state index < -0.39 is 49.4 Å². The first-order valence-electron chi connectivity index (χ1n) is 19.4. The fraction of sp³-hybridized carbons (Fsp3) is 0.732. The molecule has 0 saturated carbocycles. The summed E-state index contributed by atoms with van der Waals surface area (Å²) in [6, 6.07) is 0. The number of unbranched alkanes of at least 4 members (excludes halogenated alkanes) is 10. The minimum absolute atomic E-state index is 0.109. The molecule has 1 aliphatic rings. The van der Waals surface area contributed by atoms with E-state index in [-0.39, 0.29) is 19.6 Å². The van der Waals surface area contributed by atoms with Gasteiger partial charge < -0.3 is 39.4 Å². The lowest BCUT2D eigenvalue weighted by Crippen LogP contribution is -2.59. The highest BCUT2D eigenvalue weighted by Crippen LogP contribution is 2.22. The van der Waals surface area contributed by atoms with Gasteiger partial charge in [-0.05, 0) is 64.2 Å². The second-order valence-corrected chi connectivity index (χ2v) is 13.0.